The molecule has 124 valence electrons. The van der Waals surface area contributed by atoms with Crippen molar-refractivity contribution >= 4 is 11.6 Å². The summed E-state index contributed by atoms with van der Waals surface area (Å²) in [7, 11) is 3.39. The van der Waals surface area contributed by atoms with Gasteiger partial charge in [-0.05, 0) is 18.1 Å². The molecule has 0 N–H and O–H groups in total. The topological polar surface area (TPSA) is 64.8 Å². The lowest BCUT2D eigenvalue weighted by Crippen LogP contribution is -2.32. The Balaban J connectivity index is 1.74. The Hall–Kier alpha value is -2.67. The average Bonchev–Trinajstić information content (AvgIpc) is 3.08. The van der Waals surface area contributed by atoms with E-state index in [9.17, 15) is 0 Å². The van der Waals surface area contributed by atoms with Gasteiger partial charge in [0.15, 0.2) is 0 Å². The minimum absolute atomic E-state index is 0.453. The lowest BCUT2D eigenvalue weighted by Gasteiger charge is -2.31. The maximum Gasteiger partial charge on any atom is 0.254 e. The van der Waals surface area contributed by atoms with Crippen LogP contribution in [0.5, 0.6) is 5.75 Å². The smallest absolute Gasteiger partial charge is 0.254 e. The van der Waals surface area contributed by atoms with Crippen LogP contribution < -0.4 is 9.64 Å². The van der Waals surface area contributed by atoms with Crippen LogP contribution in [0.3, 0.4) is 0 Å². The number of benzene rings is 1. The Kier molecular flexibility index (Phi) is 3.78. The average molecular weight is 325 g/mol. The van der Waals surface area contributed by atoms with Crippen molar-refractivity contribution in [1.29, 1.82) is 0 Å². The molecule has 0 aliphatic carbocycles. The monoisotopic (exact) mass is 325 g/mol. The van der Waals surface area contributed by atoms with Crippen molar-refractivity contribution in [3.05, 3.63) is 47.4 Å². The van der Waals surface area contributed by atoms with E-state index in [0.29, 0.717) is 12.4 Å². The van der Waals surface area contributed by atoms with Crippen LogP contribution in [0.25, 0.3) is 5.78 Å². The third-order valence-electron chi connectivity index (χ3n) is 4.35. The van der Waals surface area contributed by atoms with E-state index in [1.807, 2.05) is 18.2 Å². The first-order chi connectivity index (χ1) is 11.8. The maximum absolute atomic E-state index is 5.49. The van der Waals surface area contributed by atoms with Gasteiger partial charge in [-0.3, -0.25) is 0 Å². The van der Waals surface area contributed by atoms with Gasteiger partial charge in [0.1, 0.15) is 17.9 Å². The molecule has 0 atom stereocenters. The van der Waals surface area contributed by atoms with Gasteiger partial charge >= 0.3 is 0 Å². The van der Waals surface area contributed by atoms with E-state index in [1.165, 1.54) is 17.5 Å². The summed E-state index contributed by atoms with van der Waals surface area (Å²) in [6.45, 7) is 2.14. The molecule has 7 heteroatoms. The summed E-state index contributed by atoms with van der Waals surface area (Å²) in [5.74, 6) is 2.54. The van der Waals surface area contributed by atoms with E-state index in [-0.39, 0.29) is 0 Å². The third kappa shape index (κ3) is 2.46. The van der Waals surface area contributed by atoms with Crippen molar-refractivity contribution in [2.75, 3.05) is 25.7 Å². The van der Waals surface area contributed by atoms with Gasteiger partial charge in [-0.15, -0.1) is 0 Å². The lowest BCUT2D eigenvalue weighted by atomic mass is 9.98. The summed E-state index contributed by atoms with van der Waals surface area (Å²) in [6.07, 6.45) is 2.46. The Labute approximate surface area is 139 Å². The predicted octanol–water partition coefficient (Wildman–Crippen LogP) is 1.84. The van der Waals surface area contributed by atoms with Crippen LogP contribution in [-0.2, 0) is 24.3 Å². The molecule has 4 rings (SSSR count). The van der Waals surface area contributed by atoms with Crippen molar-refractivity contribution in [1.82, 2.24) is 19.6 Å². The second kappa shape index (κ2) is 6.09. The number of ether oxygens (including phenoxy) is 2. The third-order valence-corrected chi connectivity index (χ3v) is 4.35. The molecule has 0 saturated heterocycles. The Bertz CT molecular complexity index is 877. The quantitative estimate of drug-likeness (QED) is 0.729. The summed E-state index contributed by atoms with van der Waals surface area (Å²) in [4.78, 5) is 11.0. The van der Waals surface area contributed by atoms with Crippen LogP contribution in [0.2, 0.25) is 0 Å². The van der Waals surface area contributed by atoms with Crippen LogP contribution in [-0.4, -0.2) is 40.3 Å². The van der Waals surface area contributed by atoms with Gasteiger partial charge in [-0.2, -0.15) is 14.6 Å². The summed E-state index contributed by atoms with van der Waals surface area (Å²) in [6, 6.07) is 8.23. The van der Waals surface area contributed by atoms with Crippen molar-refractivity contribution in [2.24, 2.45) is 0 Å². The molecule has 3 aromatic rings. The van der Waals surface area contributed by atoms with Crippen molar-refractivity contribution in [3.8, 4) is 5.75 Å². The molecular formula is C17H19N5O2. The summed E-state index contributed by atoms with van der Waals surface area (Å²) in [5, 5.41) is 4.32. The Morgan fingerprint density at radius 1 is 1.25 bits per heavy atom. The number of fused-ring (bicyclic) bond motifs is 2. The minimum Gasteiger partial charge on any atom is -0.496 e. The van der Waals surface area contributed by atoms with Crippen LogP contribution in [0.15, 0.2) is 30.6 Å². The van der Waals surface area contributed by atoms with Gasteiger partial charge in [0.05, 0.1) is 19.4 Å². The number of rotatable bonds is 4. The van der Waals surface area contributed by atoms with E-state index < -0.39 is 0 Å². The number of hydrogen-bond donors (Lipinski definition) is 0. The van der Waals surface area contributed by atoms with Crippen LogP contribution in [0, 0.1) is 0 Å². The molecular weight excluding hydrogens is 306 g/mol. The first-order valence-electron chi connectivity index (χ1n) is 7.88. The fraction of sp³-hybridized carbons (Fsp3) is 0.353. The summed E-state index contributed by atoms with van der Waals surface area (Å²) in [5.41, 5.74) is 3.42. The van der Waals surface area contributed by atoms with E-state index in [0.717, 1.165) is 36.8 Å². The molecule has 0 saturated carbocycles. The molecule has 0 spiro atoms. The van der Waals surface area contributed by atoms with Crippen molar-refractivity contribution in [2.45, 2.75) is 19.6 Å². The molecule has 0 radical (unpaired) electrons. The molecule has 24 heavy (non-hydrogen) atoms. The fourth-order valence-corrected chi connectivity index (χ4v) is 3.25. The molecule has 1 aliphatic heterocycles. The standard InChI is InChI=1S/C17H19N5O2/c1-23-10-13-8-16(22-17(20-13)18-11-19-22)21-7-6-14-12(9-21)4-3-5-15(14)24-2/h3-5,8,11H,6-7,9-10H2,1-2H3. The fourth-order valence-electron chi connectivity index (χ4n) is 3.25. The van der Waals surface area contributed by atoms with Crippen LogP contribution in [0.4, 0.5) is 5.82 Å². The summed E-state index contributed by atoms with van der Waals surface area (Å²) < 4.78 is 12.5. The van der Waals surface area contributed by atoms with E-state index >= 15 is 0 Å². The maximum atomic E-state index is 5.49. The number of anilines is 1. The van der Waals surface area contributed by atoms with Gasteiger partial charge in [-0.1, -0.05) is 12.1 Å². The second-order valence-corrected chi connectivity index (χ2v) is 5.78. The van der Waals surface area contributed by atoms with E-state index in [2.05, 4.69) is 26.0 Å². The second-order valence-electron chi connectivity index (χ2n) is 5.78. The zero-order valence-corrected chi connectivity index (χ0v) is 13.8. The van der Waals surface area contributed by atoms with E-state index in [4.69, 9.17) is 9.47 Å². The predicted molar refractivity (Wildman–Crippen MR) is 89.2 cm³/mol. The van der Waals surface area contributed by atoms with Gasteiger partial charge in [0, 0.05) is 31.8 Å². The molecule has 0 unspecified atom stereocenters. The van der Waals surface area contributed by atoms with E-state index in [1.54, 1.807) is 18.7 Å². The zero-order chi connectivity index (χ0) is 16.5. The molecule has 2 aromatic heterocycles. The highest BCUT2D eigenvalue weighted by Crippen LogP contribution is 2.30. The largest absolute Gasteiger partial charge is 0.496 e. The van der Waals surface area contributed by atoms with Crippen LogP contribution >= 0.6 is 0 Å². The van der Waals surface area contributed by atoms with Crippen LogP contribution in [0.1, 0.15) is 16.8 Å². The Morgan fingerprint density at radius 3 is 3.00 bits per heavy atom. The lowest BCUT2D eigenvalue weighted by molar-refractivity contribution is 0.181. The minimum atomic E-state index is 0.453. The van der Waals surface area contributed by atoms with Gasteiger partial charge < -0.3 is 14.4 Å². The number of nitrogens with zero attached hydrogens (tertiary/aromatic N) is 5. The molecule has 0 bridgehead atoms. The highest BCUT2D eigenvalue weighted by atomic mass is 16.5. The Morgan fingerprint density at radius 2 is 2.17 bits per heavy atom. The number of aromatic nitrogens is 4. The van der Waals surface area contributed by atoms with Gasteiger partial charge in [0.25, 0.3) is 5.78 Å². The molecule has 0 fully saturated rings. The summed E-state index contributed by atoms with van der Waals surface area (Å²) >= 11 is 0. The highest BCUT2D eigenvalue weighted by molar-refractivity contribution is 5.52. The van der Waals surface area contributed by atoms with Gasteiger partial charge in [0.2, 0.25) is 0 Å². The molecule has 0 amide bonds. The van der Waals surface area contributed by atoms with Crippen molar-refractivity contribution in [3.63, 3.8) is 0 Å². The van der Waals surface area contributed by atoms with Gasteiger partial charge in [-0.25, -0.2) is 4.98 Å². The zero-order valence-electron chi connectivity index (χ0n) is 13.8. The normalized spacial score (nSPS) is 14.0. The number of methoxy groups -OCH3 is 2. The van der Waals surface area contributed by atoms with Crippen molar-refractivity contribution < 1.29 is 9.47 Å². The molecule has 1 aromatic carbocycles. The SMILES string of the molecule is COCc1cc(N2CCc3c(cccc3OC)C2)n2ncnc2n1. The first-order valence-corrected chi connectivity index (χ1v) is 7.88. The number of hydrogen-bond acceptors (Lipinski definition) is 6. The first kappa shape index (κ1) is 14.9. The molecule has 3 heterocycles. The molecule has 7 nitrogen and oxygen atoms in total. The molecule has 1 aliphatic rings. The highest BCUT2D eigenvalue weighted by Gasteiger charge is 2.22.